The van der Waals surface area contributed by atoms with E-state index < -0.39 is 29.2 Å². The van der Waals surface area contributed by atoms with Gasteiger partial charge in [0.2, 0.25) is 5.60 Å². The van der Waals surface area contributed by atoms with E-state index >= 15 is 0 Å². The molecule has 0 bridgehead atoms. The minimum absolute atomic E-state index is 0.143. The first-order valence-electron chi connectivity index (χ1n) is 8.73. The maximum atomic E-state index is 13.0. The lowest BCUT2D eigenvalue weighted by molar-refractivity contribution is -0.219. The average Bonchev–Trinajstić information content (AvgIpc) is 3.37. The van der Waals surface area contributed by atoms with Gasteiger partial charge in [-0.25, -0.2) is 0 Å². The number of aliphatic hydroxyl groups is 2. The van der Waals surface area contributed by atoms with E-state index in [0.29, 0.717) is 17.9 Å². The fraction of sp³-hybridized carbons (Fsp3) is 0.350. The summed E-state index contributed by atoms with van der Waals surface area (Å²) >= 11 is 0. The second kappa shape index (κ2) is 4.28. The number of ketones is 1. The molecule has 2 aliphatic carbocycles. The van der Waals surface area contributed by atoms with Crippen LogP contribution in [0.25, 0.3) is 10.8 Å². The molecule has 6 nitrogen and oxygen atoms in total. The third-order valence-electron chi connectivity index (χ3n) is 6.12. The number of rotatable bonds is 0. The second-order valence-electron chi connectivity index (χ2n) is 7.34. The Hall–Kier alpha value is -2.41. The predicted molar refractivity (Wildman–Crippen MR) is 89.9 cm³/mol. The van der Waals surface area contributed by atoms with Crippen molar-refractivity contribution < 1.29 is 29.2 Å². The van der Waals surface area contributed by atoms with Gasteiger partial charge in [0.25, 0.3) is 0 Å². The monoisotopic (exact) mass is 352 g/mol. The van der Waals surface area contributed by atoms with Gasteiger partial charge in [-0.05, 0) is 36.1 Å². The zero-order chi connectivity index (χ0) is 17.7. The number of hydrogen-bond donors (Lipinski definition) is 2. The van der Waals surface area contributed by atoms with Crippen LogP contribution in [0.15, 0.2) is 48.6 Å². The van der Waals surface area contributed by atoms with Gasteiger partial charge in [0, 0.05) is 6.42 Å². The van der Waals surface area contributed by atoms with Crippen molar-refractivity contribution in [3.63, 3.8) is 0 Å². The molecule has 0 aromatic heterocycles. The van der Waals surface area contributed by atoms with Gasteiger partial charge in [-0.15, -0.1) is 0 Å². The molecule has 26 heavy (non-hydrogen) atoms. The molecule has 1 saturated carbocycles. The van der Waals surface area contributed by atoms with Crippen LogP contribution in [0.5, 0.6) is 11.5 Å². The molecule has 6 rings (SSSR count). The predicted octanol–water partition coefficient (Wildman–Crippen LogP) is 1.47. The Bertz CT molecular complexity index is 972. The summed E-state index contributed by atoms with van der Waals surface area (Å²) in [6, 6.07) is 11.1. The fourth-order valence-corrected chi connectivity index (χ4v) is 4.89. The molecule has 6 heteroatoms. The summed E-state index contributed by atoms with van der Waals surface area (Å²) in [6.07, 6.45) is 1.43. The van der Waals surface area contributed by atoms with E-state index in [1.54, 1.807) is 18.2 Å². The first-order valence-corrected chi connectivity index (χ1v) is 8.73. The van der Waals surface area contributed by atoms with E-state index in [0.717, 1.165) is 10.8 Å². The van der Waals surface area contributed by atoms with E-state index in [1.165, 1.54) is 6.08 Å². The third kappa shape index (κ3) is 1.34. The highest BCUT2D eigenvalue weighted by molar-refractivity contribution is 5.98. The van der Waals surface area contributed by atoms with Crippen molar-refractivity contribution in [1.82, 2.24) is 0 Å². The Kier molecular flexibility index (Phi) is 2.43. The number of Topliss-reactive ketones (excluding diaryl/α,β-unsaturated/α-hetero) is 1. The van der Waals surface area contributed by atoms with Gasteiger partial charge >= 0.3 is 5.79 Å². The van der Waals surface area contributed by atoms with Crippen molar-refractivity contribution in [2.75, 3.05) is 0 Å². The van der Waals surface area contributed by atoms with Gasteiger partial charge in [0.05, 0.1) is 11.5 Å². The molecule has 4 unspecified atom stereocenters. The number of hydrogen-bond acceptors (Lipinski definition) is 6. The smallest absolute Gasteiger partial charge is 0.321 e. The summed E-state index contributed by atoms with van der Waals surface area (Å²) < 4.78 is 18.3. The van der Waals surface area contributed by atoms with Crippen LogP contribution in [0.2, 0.25) is 0 Å². The molecule has 4 atom stereocenters. The molecule has 1 saturated heterocycles. The standard InChI is InChI=1S/C20H16O6/c21-14-7-8-15(22)19-18(14,26-19)10-9-16(23)20(19)24-12-5-1-3-11-4-2-6-13(25-20)17(11)12/h1-6,9-10,14,16,21,23H,7-8H2. The molecule has 2 heterocycles. The van der Waals surface area contributed by atoms with Crippen LogP contribution < -0.4 is 9.47 Å². The highest BCUT2D eigenvalue weighted by Gasteiger charge is 2.91. The summed E-state index contributed by atoms with van der Waals surface area (Å²) in [5.41, 5.74) is -2.76. The molecule has 4 aliphatic rings. The quantitative estimate of drug-likeness (QED) is 0.551. The van der Waals surface area contributed by atoms with Crippen LogP contribution in [-0.4, -0.2) is 45.2 Å². The van der Waals surface area contributed by atoms with E-state index in [-0.39, 0.29) is 12.2 Å². The summed E-state index contributed by atoms with van der Waals surface area (Å²) in [4.78, 5) is 13.0. The van der Waals surface area contributed by atoms with Gasteiger partial charge in [0.1, 0.15) is 11.5 Å². The van der Waals surface area contributed by atoms with Crippen molar-refractivity contribution in [3.8, 4) is 11.5 Å². The van der Waals surface area contributed by atoms with Crippen molar-refractivity contribution in [2.24, 2.45) is 0 Å². The molecule has 2 N–H and O–H groups in total. The molecule has 2 aromatic carbocycles. The number of carbonyl (C=O) groups excluding carboxylic acids is 1. The molecule has 2 aromatic rings. The van der Waals surface area contributed by atoms with Gasteiger partial charge in [-0.3, -0.25) is 4.79 Å². The Balaban J connectivity index is 1.61. The first-order chi connectivity index (χ1) is 12.5. The van der Waals surface area contributed by atoms with E-state index in [4.69, 9.17) is 14.2 Å². The summed E-state index contributed by atoms with van der Waals surface area (Å²) in [5.74, 6) is -0.948. The average molecular weight is 352 g/mol. The lowest BCUT2D eigenvalue weighted by atomic mass is 9.67. The van der Waals surface area contributed by atoms with Crippen LogP contribution in [0.3, 0.4) is 0 Å². The minimum atomic E-state index is -1.76. The normalized spacial score (nSPS) is 38.3. The van der Waals surface area contributed by atoms with Crippen molar-refractivity contribution in [2.45, 2.75) is 42.0 Å². The van der Waals surface area contributed by atoms with Gasteiger partial charge in [-0.2, -0.15) is 0 Å². The molecule has 0 radical (unpaired) electrons. The number of carbonyl (C=O) groups is 1. The lowest BCUT2D eigenvalue weighted by Gasteiger charge is -2.47. The van der Waals surface area contributed by atoms with Crippen LogP contribution in [0, 0.1) is 0 Å². The van der Waals surface area contributed by atoms with Crippen LogP contribution in [-0.2, 0) is 9.53 Å². The van der Waals surface area contributed by atoms with E-state index in [9.17, 15) is 15.0 Å². The Morgan fingerprint density at radius 3 is 2.42 bits per heavy atom. The van der Waals surface area contributed by atoms with Gasteiger partial charge in [-0.1, -0.05) is 24.3 Å². The Morgan fingerprint density at radius 2 is 1.73 bits per heavy atom. The summed E-state index contributed by atoms with van der Waals surface area (Å²) in [6.45, 7) is 0. The lowest BCUT2D eigenvalue weighted by Crippen LogP contribution is -2.72. The zero-order valence-electron chi connectivity index (χ0n) is 13.7. The van der Waals surface area contributed by atoms with Gasteiger partial charge in [0.15, 0.2) is 17.5 Å². The van der Waals surface area contributed by atoms with Crippen molar-refractivity contribution >= 4 is 16.6 Å². The summed E-state index contributed by atoms with van der Waals surface area (Å²) in [5, 5.41) is 23.1. The SMILES string of the molecule is O=C1CCC(O)C23C=CC(O)C4(Oc5cccc6cccc(c56)O4)C12O3. The van der Waals surface area contributed by atoms with Crippen molar-refractivity contribution in [3.05, 3.63) is 48.6 Å². The zero-order valence-corrected chi connectivity index (χ0v) is 13.7. The van der Waals surface area contributed by atoms with Crippen LogP contribution >= 0.6 is 0 Å². The fourth-order valence-electron chi connectivity index (χ4n) is 4.89. The first kappa shape index (κ1) is 14.7. The number of aliphatic hydroxyl groups excluding tert-OH is 2. The van der Waals surface area contributed by atoms with Crippen LogP contribution in [0.1, 0.15) is 12.8 Å². The largest absolute Gasteiger partial charge is 0.446 e. The number of epoxide rings is 1. The molecule has 1 spiro atoms. The van der Waals surface area contributed by atoms with Gasteiger partial charge < -0.3 is 24.4 Å². The Morgan fingerprint density at radius 1 is 1.04 bits per heavy atom. The second-order valence-corrected chi connectivity index (χ2v) is 7.34. The molecule has 132 valence electrons. The molecule has 2 aliphatic heterocycles. The van der Waals surface area contributed by atoms with Crippen LogP contribution in [0.4, 0.5) is 0 Å². The maximum absolute atomic E-state index is 13.0. The molecule has 2 fully saturated rings. The topological polar surface area (TPSA) is 88.5 Å². The number of ether oxygens (including phenoxy) is 3. The van der Waals surface area contributed by atoms with Crippen molar-refractivity contribution in [1.29, 1.82) is 0 Å². The Labute approximate surface area is 148 Å². The highest BCUT2D eigenvalue weighted by atomic mass is 16.8. The van der Waals surface area contributed by atoms with E-state index in [1.807, 2.05) is 24.3 Å². The molecular weight excluding hydrogens is 336 g/mol. The van der Waals surface area contributed by atoms with E-state index in [2.05, 4.69) is 0 Å². The highest BCUT2D eigenvalue weighted by Crippen LogP contribution is 2.66. The maximum Gasteiger partial charge on any atom is 0.321 e. The third-order valence-corrected chi connectivity index (χ3v) is 6.12. The molecule has 0 amide bonds. The molecular formula is C20H16O6. The number of benzene rings is 2. The minimum Gasteiger partial charge on any atom is -0.446 e. The summed E-state index contributed by atoms with van der Waals surface area (Å²) in [7, 11) is 0.